The highest BCUT2D eigenvalue weighted by molar-refractivity contribution is 8.26. The van der Waals surface area contributed by atoms with Gasteiger partial charge in [-0.3, -0.25) is 9.69 Å². The van der Waals surface area contributed by atoms with Crippen LogP contribution in [-0.4, -0.2) is 21.7 Å². The van der Waals surface area contributed by atoms with Crippen molar-refractivity contribution in [3.8, 4) is 5.75 Å². The third kappa shape index (κ3) is 4.36. The molecule has 1 amide bonds. The fraction of sp³-hybridized carbons (Fsp3) is 0.100. The van der Waals surface area contributed by atoms with Crippen molar-refractivity contribution in [2.24, 2.45) is 0 Å². The molecule has 0 N–H and O–H groups in total. The van der Waals surface area contributed by atoms with Gasteiger partial charge < -0.3 is 4.74 Å². The van der Waals surface area contributed by atoms with Gasteiger partial charge in [-0.15, -0.1) is 0 Å². The van der Waals surface area contributed by atoms with E-state index in [2.05, 4.69) is 6.58 Å². The van der Waals surface area contributed by atoms with Crippen molar-refractivity contribution in [2.45, 2.75) is 6.54 Å². The first-order valence-corrected chi connectivity index (χ1v) is 9.51. The number of carbonyl (C=O) groups is 1. The number of hydrogen-bond acceptors (Lipinski definition) is 4. The fourth-order valence-electron chi connectivity index (χ4n) is 2.46. The molecule has 6 heteroatoms. The van der Waals surface area contributed by atoms with Crippen LogP contribution in [0, 0.1) is 0 Å². The van der Waals surface area contributed by atoms with E-state index in [1.165, 1.54) is 11.8 Å². The molecule has 0 saturated carbocycles. The highest BCUT2D eigenvalue weighted by Crippen LogP contribution is 2.35. The zero-order valence-electron chi connectivity index (χ0n) is 13.9. The van der Waals surface area contributed by atoms with E-state index < -0.39 is 0 Å². The van der Waals surface area contributed by atoms with Gasteiger partial charge in [0.25, 0.3) is 5.91 Å². The lowest BCUT2D eigenvalue weighted by atomic mass is 10.1. The third-order valence-corrected chi connectivity index (χ3v) is 5.29. The number of halogens is 1. The van der Waals surface area contributed by atoms with Crippen molar-refractivity contribution in [3.63, 3.8) is 0 Å². The van der Waals surface area contributed by atoms with Crippen LogP contribution in [-0.2, 0) is 11.3 Å². The van der Waals surface area contributed by atoms with Crippen molar-refractivity contribution in [2.75, 3.05) is 6.61 Å². The largest absolute Gasteiger partial charge is 0.489 e. The summed E-state index contributed by atoms with van der Waals surface area (Å²) >= 11 is 12.8. The molecule has 0 spiro atoms. The molecule has 132 valence electrons. The molecule has 2 aromatic rings. The van der Waals surface area contributed by atoms with Crippen LogP contribution in [0.25, 0.3) is 6.08 Å². The molecule has 0 radical (unpaired) electrons. The molecular weight excluding hydrogens is 386 g/mol. The zero-order valence-corrected chi connectivity index (χ0v) is 16.2. The van der Waals surface area contributed by atoms with E-state index in [1.54, 1.807) is 35.3 Å². The van der Waals surface area contributed by atoms with E-state index in [9.17, 15) is 4.79 Å². The summed E-state index contributed by atoms with van der Waals surface area (Å²) in [5.74, 6) is 0.529. The van der Waals surface area contributed by atoms with Crippen molar-refractivity contribution in [1.82, 2.24) is 4.90 Å². The number of nitrogens with zero attached hydrogens (tertiary/aromatic N) is 1. The highest BCUT2D eigenvalue weighted by atomic mass is 35.5. The lowest BCUT2D eigenvalue weighted by molar-refractivity contribution is -0.122. The normalized spacial score (nSPS) is 15.6. The molecule has 0 atom stereocenters. The van der Waals surface area contributed by atoms with E-state index in [-0.39, 0.29) is 5.91 Å². The molecule has 3 rings (SSSR count). The summed E-state index contributed by atoms with van der Waals surface area (Å²) in [6, 6.07) is 15.1. The second kappa shape index (κ2) is 8.54. The number of benzene rings is 2. The third-order valence-electron chi connectivity index (χ3n) is 3.67. The van der Waals surface area contributed by atoms with Crippen LogP contribution in [0.4, 0.5) is 0 Å². The van der Waals surface area contributed by atoms with E-state index in [0.29, 0.717) is 33.1 Å². The molecule has 1 fully saturated rings. The number of thiocarbonyl (C=S) groups is 1. The summed E-state index contributed by atoms with van der Waals surface area (Å²) < 4.78 is 6.19. The Morgan fingerprint density at radius 3 is 2.73 bits per heavy atom. The molecule has 0 aliphatic carbocycles. The quantitative estimate of drug-likeness (QED) is 0.373. The Balaban J connectivity index is 1.86. The Hall–Kier alpha value is -2.08. The summed E-state index contributed by atoms with van der Waals surface area (Å²) in [4.78, 5) is 15.0. The maximum absolute atomic E-state index is 12.8. The van der Waals surface area contributed by atoms with Gasteiger partial charge >= 0.3 is 0 Å². The van der Waals surface area contributed by atoms with E-state index in [1.807, 2.05) is 30.3 Å². The molecule has 1 heterocycles. The summed E-state index contributed by atoms with van der Waals surface area (Å²) in [5.41, 5.74) is 1.77. The van der Waals surface area contributed by atoms with Crippen LogP contribution in [0.1, 0.15) is 11.1 Å². The Bertz CT molecular complexity index is 881. The minimum atomic E-state index is -0.113. The average molecular weight is 402 g/mol. The standard InChI is InChI=1S/C20H16ClNO2S2/c1-2-10-24-17-9-8-16(21)11-15(17)12-18-19(23)22(20(25)26-18)13-14-6-4-3-5-7-14/h2-9,11-12H,1,10,13H2. The molecule has 26 heavy (non-hydrogen) atoms. The molecule has 2 aromatic carbocycles. The summed E-state index contributed by atoms with van der Waals surface area (Å²) in [6.07, 6.45) is 3.44. The molecular formula is C20H16ClNO2S2. The van der Waals surface area contributed by atoms with Crippen LogP contribution < -0.4 is 4.74 Å². The van der Waals surface area contributed by atoms with Crippen LogP contribution in [0.3, 0.4) is 0 Å². The first-order chi connectivity index (χ1) is 12.6. The second-order valence-electron chi connectivity index (χ2n) is 5.54. The molecule has 1 aliphatic rings. The van der Waals surface area contributed by atoms with Crippen LogP contribution in [0.2, 0.25) is 5.02 Å². The number of hydrogen-bond donors (Lipinski definition) is 0. The lowest BCUT2D eigenvalue weighted by Gasteiger charge is -2.14. The van der Waals surface area contributed by atoms with Gasteiger partial charge in [0.2, 0.25) is 0 Å². The van der Waals surface area contributed by atoms with Gasteiger partial charge in [0.05, 0.1) is 11.4 Å². The van der Waals surface area contributed by atoms with Gasteiger partial charge in [-0.25, -0.2) is 0 Å². The maximum atomic E-state index is 12.8. The number of rotatable bonds is 6. The minimum Gasteiger partial charge on any atom is -0.489 e. The predicted molar refractivity (Wildman–Crippen MR) is 112 cm³/mol. The first-order valence-electron chi connectivity index (χ1n) is 7.91. The smallest absolute Gasteiger partial charge is 0.266 e. The second-order valence-corrected chi connectivity index (χ2v) is 7.65. The monoisotopic (exact) mass is 401 g/mol. The van der Waals surface area contributed by atoms with Crippen molar-refractivity contribution < 1.29 is 9.53 Å². The van der Waals surface area contributed by atoms with Crippen LogP contribution in [0.15, 0.2) is 66.1 Å². The Morgan fingerprint density at radius 2 is 2.00 bits per heavy atom. The van der Waals surface area contributed by atoms with Gasteiger partial charge in [0.15, 0.2) is 0 Å². The Morgan fingerprint density at radius 1 is 1.23 bits per heavy atom. The highest BCUT2D eigenvalue weighted by Gasteiger charge is 2.32. The summed E-state index contributed by atoms with van der Waals surface area (Å²) in [7, 11) is 0. The Labute approximate surface area is 167 Å². The van der Waals surface area contributed by atoms with Gasteiger partial charge in [-0.1, -0.05) is 78.6 Å². The SMILES string of the molecule is C=CCOc1ccc(Cl)cc1C=C1SC(=S)N(Cc2ccccc2)C1=O. The van der Waals surface area contributed by atoms with Gasteiger partial charge in [0, 0.05) is 10.6 Å². The molecule has 0 bridgehead atoms. The minimum absolute atomic E-state index is 0.113. The van der Waals surface area contributed by atoms with E-state index in [0.717, 1.165) is 11.1 Å². The van der Waals surface area contributed by atoms with Crippen LogP contribution >= 0.6 is 35.6 Å². The van der Waals surface area contributed by atoms with Gasteiger partial charge in [-0.2, -0.15) is 0 Å². The molecule has 0 aromatic heterocycles. The first kappa shape index (κ1) is 18.7. The van der Waals surface area contributed by atoms with Gasteiger partial charge in [-0.05, 0) is 29.8 Å². The van der Waals surface area contributed by atoms with E-state index >= 15 is 0 Å². The van der Waals surface area contributed by atoms with E-state index in [4.69, 9.17) is 28.6 Å². The number of amides is 1. The lowest BCUT2D eigenvalue weighted by Crippen LogP contribution is -2.27. The number of ether oxygens (including phenoxy) is 1. The fourth-order valence-corrected chi connectivity index (χ4v) is 3.88. The van der Waals surface area contributed by atoms with Crippen molar-refractivity contribution in [1.29, 1.82) is 0 Å². The molecule has 1 aliphatic heterocycles. The van der Waals surface area contributed by atoms with Crippen molar-refractivity contribution in [3.05, 3.63) is 82.2 Å². The van der Waals surface area contributed by atoms with Crippen LogP contribution in [0.5, 0.6) is 5.75 Å². The molecule has 0 unspecified atom stereocenters. The topological polar surface area (TPSA) is 29.5 Å². The maximum Gasteiger partial charge on any atom is 0.266 e. The predicted octanol–water partition coefficient (Wildman–Crippen LogP) is 5.31. The van der Waals surface area contributed by atoms with Crippen molar-refractivity contribution >= 4 is 51.9 Å². The summed E-state index contributed by atoms with van der Waals surface area (Å²) in [5, 5.41) is 0.571. The zero-order chi connectivity index (χ0) is 18.5. The summed E-state index contributed by atoms with van der Waals surface area (Å²) in [6.45, 7) is 4.48. The molecule has 1 saturated heterocycles. The number of carbonyl (C=O) groups excluding carboxylic acids is 1. The Kier molecular flexibility index (Phi) is 6.14. The molecule has 3 nitrogen and oxygen atoms in total. The number of thioether (sulfide) groups is 1. The van der Waals surface area contributed by atoms with Gasteiger partial charge in [0.1, 0.15) is 16.7 Å². The average Bonchev–Trinajstić information content (AvgIpc) is 2.89.